The molecule has 0 radical (unpaired) electrons. The summed E-state index contributed by atoms with van der Waals surface area (Å²) in [6, 6.07) is 12.4. The van der Waals surface area contributed by atoms with Crippen molar-refractivity contribution in [3.05, 3.63) is 71.5 Å². The molecule has 0 N–H and O–H groups in total. The summed E-state index contributed by atoms with van der Waals surface area (Å²) in [6.07, 6.45) is 8.86. The zero-order chi connectivity index (χ0) is 20.4. The molecule has 0 atom stereocenters. The predicted octanol–water partition coefficient (Wildman–Crippen LogP) is 8.07. The molecule has 0 aliphatic heterocycles. The Bertz CT molecular complexity index is 980. The van der Waals surface area contributed by atoms with Gasteiger partial charge in [-0.2, -0.15) is 0 Å². The minimum Gasteiger partial charge on any atom is -0.207 e. The molecule has 1 fully saturated rings. The average Bonchev–Trinajstić information content (AvgIpc) is 2.72. The van der Waals surface area contributed by atoms with Crippen molar-refractivity contribution in [1.82, 2.24) is 0 Å². The maximum Gasteiger partial charge on any atom is 0.138 e. The van der Waals surface area contributed by atoms with E-state index in [0.717, 1.165) is 41.8 Å². The Balaban J connectivity index is 1.52. The van der Waals surface area contributed by atoms with Crippen molar-refractivity contribution < 1.29 is 13.2 Å². The summed E-state index contributed by atoms with van der Waals surface area (Å²) in [5, 5.41) is 1.31. The van der Waals surface area contributed by atoms with Gasteiger partial charge in [0.25, 0.3) is 0 Å². The molecule has 152 valence electrons. The van der Waals surface area contributed by atoms with E-state index < -0.39 is 17.5 Å². The van der Waals surface area contributed by atoms with Gasteiger partial charge in [-0.25, -0.2) is 13.2 Å². The zero-order valence-electron chi connectivity index (χ0n) is 16.9. The predicted molar refractivity (Wildman–Crippen MR) is 113 cm³/mol. The molecule has 0 heterocycles. The van der Waals surface area contributed by atoms with Gasteiger partial charge >= 0.3 is 0 Å². The molecule has 0 saturated heterocycles. The molecule has 0 bridgehead atoms. The van der Waals surface area contributed by atoms with Crippen LogP contribution in [0.3, 0.4) is 0 Å². The van der Waals surface area contributed by atoms with Crippen LogP contribution in [0.25, 0.3) is 21.9 Å². The van der Waals surface area contributed by atoms with E-state index in [1.807, 2.05) is 18.2 Å². The van der Waals surface area contributed by atoms with Gasteiger partial charge in [0.1, 0.15) is 17.5 Å². The highest BCUT2D eigenvalue weighted by Crippen LogP contribution is 2.34. The third-order valence-electron chi connectivity index (χ3n) is 6.58. The van der Waals surface area contributed by atoms with Crippen molar-refractivity contribution in [3.63, 3.8) is 0 Å². The topological polar surface area (TPSA) is 0 Å². The summed E-state index contributed by atoms with van der Waals surface area (Å²) in [5.41, 5.74) is 1.66. The Morgan fingerprint density at radius 2 is 1.48 bits per heavy atom. The van der Waals surface area contributed by atoms with E-state index in [4.69, 9.17) is 0 Å². The lowest BCUT2D eigenvalue weighted by Crippen LogP contribution is -2.14. The molecule has 1 saturated carbocycles. The van der Waals surface area contributed by atoms with Crippen LogP contribution < -0.4 is 0 Å². The van der Waals surface area contributed by atoms with Crippen molar-refractivity contribution in [1.29, 1.82) is 0 Å². The summed E-state index contributed by atoms with van der Waals surface area (Å²) < 4.78 is 42.1. The van der Waals surface area contributed by atoms with Gasteiger partial charge in [-0.3, -0.25) is 0 Å². The van der Waals surface area contributed by atoms with Crippen LogP contribution in [0.4, 0.5) is 13.2 Å². The number of aryl methyl sites for hydroxylation is 1. The van der Waals surface area contributed by atoms with Crippen LogP contribution in [0.1, 0.15) is 51.0 Å². The monoisotopic (exact) mass is 396 g/mol. The second kappa shape index (κ2) is 8.61. The first-order valence-corrected chi connectivity index (χ1v) is 10.7. The van der Waals surface area contributed by atoms with Crippen LogP contribution in [0.5, 0.6) is 0 Å². The van der Waals surface area contributed by atoms with E-state index in [1.165, 1.54) is 44.1 Å². The second-order valence-electron chi connectivity index (χ2n) is 8.47. The van der Waals surface area contributed by atoms with Crippen LogP contribution in [-0.4, -0.2) is 0 Å². The van der Waals surface area contributed by atoms with E-state index in [0.29, 0.717) is 5.39 Å². The molecule has 1 aliphatic carbocycles. The minimum absolute atomic E-state index is 0.216. The van der Waals surface area contributed by atoms with E-state index >= 15 is 4.39 Å². The van der Waals surface area contributed by atoms with Gasteiger partial charge in [0.05, 0.1) is 0 Å². The SMILES string of the molecule is CC[C@H]1CC[C@H](CCc2ccc3c(F)c(-c4cc(F)cc(F)c4)ccc3c2)CC1. The molecule has 3 aromatic carbocycles. The van der Waals surface area contributed by atoms with Gasteiger partial charge in [-0.15, -0.1) is 0 Å². The van der Waals surface area contributed by atoms with Crippen LogP contribution in [0.2, 0.25) is 0 Å². The van der Waals surface area contributed by atoms with Gasteiger partial charge in [-0.1, -0.05) is 69.4 Å². The lowest BCUT2D eigenvalue weighted by atomic mass is 9.78. The molecular formula is C26H27F3. The zero-order valence-corrected chi connectivity index (χ0v) is 16.9. The summed E-state index contributed by atoms with van der Waals surface area (Å²) >= 11 is 0. The van der Waals surface area contributed by atoms with Crippen molar-refractivity contribution >= 4 is 10.8 Å². The maximum absolute atomic E-state index is 15.1. The number of hydrogen-bond donors (Lipinski definition) is 0. The smallest absolute Gasteiger partial charge is 0.138 e. The van der Waals surface area contributed by atoms with Gasteiger partial charge < -0.3 is 0 Å². The van der Waals surface area contributed by atoms with E-state index in [2.05, 4.69) is 6.92 Å². The highest BCUT2D eigenvalue weighted by Gasteiger charge is 2.20. The molecule has 0 nitrogen and oxygen atoms in total. The van der Waals surface area contributed by atoms with Crippen molar-refractivity contribution in [3.8, 4) is 11.1 Å². The molecular weight excluding hydrogens is 369 g/mol. The number of halogens is 3. The number of hydrogen-bond acceptors (Lipinski definition) is 0. The van der Waals surface area contributed by atoms with Crippen molar-refractivity contribution in [2.24, 2.45) is 11.8 Å². The molecule has 4 rings (SSSR count). The Kier molecular flexibility index (Phi) is 5.94. The highest BCUT2D eigenvalue weighted by molar-refractivity contribution is 5.88. The number of benzene rings is 3. The molecule has 0 amide bonds. The van der Waals surface area contributed by atoms with Gasteiger partial charge in [0.2, 0.25) is 0 Å². The fourth-order valence-corrected chi connectivity index (χ4v) is 4.73. The Morgan fingerprint density at radius 1 is 0.793 bits per heavy atom. The van der Waals surface area contributed by atoms with Crippen LogP contribution in [-0.2, 0) is 6.42 Å². The first-order chi connectivity index (χ1) is 14.0. The fourth-order valence-electron chi connectivity index (χ4n) is 4.73. The van der Waals surface area contributed by atoms with Gasteiger partial charge in [0, 0.05) is 17.0 Å². The second-order valence-corrected chi connectivity index (χ2v) is 8.47. The van der Waals surface area contributed by atoms with E-state index in [1.54, 1.807) is 12.1 Å². The first-order valence-electron chi connectivity index (χ1n) is 10.7. The van der Waals surface area contributed by atoms with Crippen molar-refractivity contribution in [2.75, 3.05) is 0 Å². The molecule has 0 spiro atoms. The van der Waals surface area contributed by atoms with Crippen LogP contribution >= 0.6 is 0 Å². The number of fused-ring (bicyclic) bond motifs is 1. The van der Waals surface area contributed by atoms with E-state index in [9.17, 15) is 8.78 Å². The summed E-state index contributed by atoms with van der Waals surface area (Å²) in [5.74, 6) is -0.131. The van der Waals surface area contributed by atoms with Crippen molar-refractivity contribution in [2.45, 2.75) is 51.9 Å². The molecule has 3 heteroatoms. The van der Waals surface area contributed by atoms with Gasteiger partial charge in [-0.05, 0) is 53.3 Å². The largest absolute Gasteiger partial charge is 0.207 e. The van der Waals surface area contributed by atoms with Gasteiger partial charge in [0.15, 0.2) is 0 Å². The minimum atomic E-state index is -0.706. The quantitative estimate of drug-likeness (QED) is 0.409. The summed E-state index contributed by atoms with van der Waals surface area (Å²) in [6.45, 7) is 2.29. The van der Waals surface area contributed by atoms with E-state index in [-0.39, 0.29) is 11.1 Å². The third-order valence-corrected chi connectivity index (χ3v) is 6.58. The average molecular weight is 396 g/mol. The lowest BCUT2D eigenvalue weighted by molar-refractivity contribution is 0.259. The highest BCUT2D eigenvalue weighted by atomic mass is 19.1. The first kappa shape index (κ1) is 20.0. The normalized spacial score (nSPS) is 19.6. The molecule has 0 unspecified atom stereocenters. The third kappa shape index (κ3) is 4.49. The fraction of sp³-hybridized carbons (Fsp3) is 0.385. The Hall–Kier alpha value is -2.29. The van der Waals surface area contributed by atoms with Crippen LogP contribution in [0.15, 0.2) is 48.5 Å². The molecule has 29 heavy (non-hydrogen) atoms. The Morgan fingerprint density at radius 3 is 2.17 bits per heavy atom. The lowest BCUT2D eigenvalue weighted by Gasteiger charge is -2.27. The summed E-state index contributed by atoms with van der Waals surface area (Å²) in [4.78, 5) is 0. The molecule has 3 aromatic rings. The van der Waals surface area contributed by atoms with Crippen LogP contribution in [0, 0.1) is 29.3 Å². The standard InChI is InChI=1S/C26H27F3/c1-2-17-3-5-18(6-4-17)7-8-19-9-11-24-20(13-19)10-12-25(26(24)29)21-14-22(27)16-23(28)15-21/h9-18H,2-8H2,1H3/t17-,18-. The maximum atomic E-state index is 15.1. The number of rotatable bonds is 5. The molecule has 0 aromatic heterocycles. The summed E-state index contributed by atoms with van der Waals surface area (Å²) in [7, 11) is 0. The molecule has 1 aliphatic rings. The Labute approximate surface area is 170 Å².